The third-order valence-electron chi connectivity index (χ3n) is 10.3. The molecule has 3 heterocycles. The lowest BCUT2D eigenvalue weighted by atomic mass is 9.86. The van der Waals surface area contributed by atoms with Crippen LogP contribution in [0.15, 0.2) is 102 Å². The van der Waals surface area contributed by atoms with Crippen LogP contribution in [-0.2, 0) is 11.3 Å². The zero-order chi connectivity index (χ0) is 35.4. The first-order valence-corrected chi connectivity index (χ1v) is 20.1. The molecule has 0 radical (unpaired) electrons. The Balaban J connectivity index is 1.34. The summed E-state index contributed by atoms with van der Waals surface area (Å²) in [6.45, 7) is 7.56. The number of rotatable bonds is 13. The number of methoxy groups -OCH3 is 3. The molecule has 1 N–H and O–H groups in total. The maximum Gasteiger partial charge on any atom is 0.297 e. The maximum absolute atomic E-state index is 13.1. The van der Waals surface area contributed by atoms with Crippen LogP contribution >= 0.6 is 0 Å². The second kappa shape index (κ2) is 15.0. The molecule has 10 nitrogen and oxygen atoms in total. The molecule has 0 spiro atoms. The van der Waals surface area contributed by atoms with Gasteiger partial charge in [0.25, 0.3) is 5.56 Å². The van der Waals surface area contributed by atoms with Crippen molar-refractivity contribution in [1.29, 1.82) is 0 Å². The Labute approximate surface area is 294 Å². The monoisotopic (exact) mass is 694 g/mol. The van der Waals surface area contributed by atoms with Gasteiger partial charge in [0.2, 0.25) is 0 Å². The van der Waals surface area contributed by atoms with Crippen molar-refractivity contribution in [1.82, 2.24) is 19.6 Å². The molecule has 50 heavy (non-hydrogen) atoms. The van der Waals surface area contributed by atoms with Crippen LogP contribution in [-0.4, -0.2) is 66.8 Å². The second-order valence-electron chi connectivity index (χ2n) is 13.5. The van der Waals surface area contributed by atoms with Gasteiger partial charge in [0.15, 0.2) is 5.75 Å². The Bertz CT molecular complexity index is 1940. The molecule has 262 valence electrons. The summed E-state index contributed by atoms with van der Waals surface area (Å²) in [6, 6.07) is 27.6. The summed E-state index contributed by atoms with van der Waals surface area (Å²) in [4.78, 5) is 13.1. The van der Waals surface area contributed by atoms with E-state index in [1.165, 1.54) is 12.3 Å². The van der Waals surface area contributed by atoms with Crippen molar-refractivity contribution in [2.24, 2.45) is 5.92 Å². The summed E-state index contributed by atoms with van der Waals surface area (Å²) in [7, 11) is 2.67. The number of aryl methyl sites for hydroxylation is 1. The number of benzene rings is 3. The van der Waals surface area contributed by atoms with Gasteiger partial charge >= 0.3 is 0 Å². The molecule has 5 atom stereocenters. The number of fused-ring (bicyclic) bond motifs is 1. The van der Waals surface area contributed by atoms with Gasteiger partial charge in [-0.2, -0.15) is 0 Å². The quantitative estimate of drug-likeness (QED) is 0.156. The van der Waals surface area contributed by atoms with E-state index in [2.05, 4.69) is 42.5 Å². The molecule has 5 aromatic rings. The Hall–Kier alpha value is -4.71. The van der Waals surface area contributed by atoms with E-state index in [9.17, 15) is 9.90 Å². The van der Waals surface area contributed by atoms with E-state index in [0.717, 1.165) is 34.7 Å². The molecule has 1 aliphatic heterocycles. The standard InChI is InChI=1S/C39H46N4O6Si/c1-26-37(48-4)31-23-28(43-21-10-13-35(47-3)39(43)45)14-19-34(31)49-38(26)36(50(5,6)30-17-15-29(46-2)16-18-30)20-22-42-24-33(40-41-42)32(25-44)27-11-8-7-9-12-27/h7-19,21,23-24,26,32,36-38,44H,20,22,25H2,1-6H3/t26-,32?,36?,37-,38-/m1/s1. The van der Waals surface area contributed by atoms with E-state index < -0.39 is 8.07 Å². The maximum atomic E-state index is 13.1. The number of ether oxygens (including phenoxy) is 4. The summed E-state index contributed by atoms with van der Waals surface area (Å²) in [5, 5.41) is 20.5. The zero-order valence-electron chi connectivity index (χ0n) is 29.5. The largest absolute Gasteiger partial charge is 0.497 e. The molecule has 0 saturated carbocycles. The van der Waals surface area contributed by atoms with Crippen LogP contribution in [0, 0.1) is 5.92 Å². The molecule has 0 saturated heterocycles. The van der Waals surface area contributed by atoms with Gasteiger partial charge in [-0.15, -0.1) is 5.10 Å². The molecular formula is C39H46N4O6Si. The van der Waals surface area contributed by atoms with Crippen LogP contribution in [0.4, 0.5) is 0 Å². The average molecular weight is 695 g/mol. The lowest BCUT2D eigenvalue weighted by molar-refractivity contribution is -0.0234. The van der Waals surface area contributed by atoms with Crippen LogP contribution in [0.3, 0.4) is 0 Å². The van der Waals surface area contributed by atoms with Crippen molar-refractivity contribution in [2.75, 3.05) is 27.9 Å². The van der Waals surface area contributed by atoms with Crippen molar-refractivity contribution >= 4 is 13.3 Å². The van der Waals surface area contributed by atoms with Gasteiger partial charge in [0, 0.05) is 43.2 Å². The highest BCUT2D eigenvalue weighted by molar-refractivity contribution is 6.91. The molecule has 2 aromatic heterocycles. The summed E-state index contributed by atoms with van der Waals surface area (Å²) < 4.78 is 27.5. The van der Waals surface area contributed by atoms with Crippen LogP contribution < -0.4 is 25.0 Å². The molecule has 2 unspecified atom stereocenters. The van der Waals surface area contributed by atoms with E-state index in [0.29, 0.717) is 12.2 Å². The van der Waals surface area contributed by atoms with Crippen molar-refractivity contribution in [3.63, 3.8) is 0 Å². The van der Waals surface area contributed by atoms with Crippen LogP contribution in [0.1, 0.15) is 42.2 Å². The first-order chi connectivity index (χ1) is 24.2. The van der Waals surface area contributed by atoms with E-state index in [4.69, 9.17) is 18.9 Å². The average Bonchev–Trinajstić information content (AvgIpc) is 3.61. The Morgan fingerprint density at radius 1 is 0.960 bits per heavy atom. The summed E-state index contributed by atoms with van der Waals surface area (Å²) in [5.74, 6) is 1.59. The van der Waals surface area contributed by atoms with E-state index in [1.807, 2.05) is 71.5 Å². The minimum Gasteiger partial charge on any atom is -0.497 e. The Morgan fingerprint density at radius 2 is 1.72 bits per heavy atom. The number of aliphatic hydroxyl groups excluding tert-OH is 1. The summed E-state index contributed by atoms with van der Waals surface area (Å²) >= 11 is 0. The van der Waals surface area contributed by atoms with Crippen LogP contribution in [0.25, 0.3) is 5.69 Å². The van der Waals surface area contributed by atoms with Crippen molar-refractivity contribution in [3.05, 3.63) is 124 Å². The Morgan fingerprint density at radius 3 is 2.40 bits per heavy atom. The molecular weight excluding hydrogens is 649 g/mol. The van der Waals surface area contributed by atoms with Gasteiger partial charge in [-0.1, -0.05) is 72.9 Å². The smallest absolute Gasteiger partial charge is 0.297 e. The highest BCUT2D eigenvalue weighted by Crippen LogP contribution is 2.47. The molecule has 0 bridgehead atoms. The highest BCUT2D eigenvalue weighted by Gasteiger charge is 2.47. The van der Waals surface area contributed by atoms with Crippen molar-refractivity contribution in [3.8, 4) is 22.9 Å². The zero-order valence-corrected chi connectivity index (χ0v) is 30.5. The van der Waals surface area contributed by atoms with E-state index in [1.54, 1.807) is 37.1 Å². The lowest BCUT2D eigenvalue weighted by Gasteiger charge is -2.46. The molecule has 1 aliphatic rings. The van der Waals surface area contributed by atoms with E-state index >= 15 is 0 Å². The molecule has 3 aromatic carbocycles. The number of hydrogen-bond acceptors (Lipinski definition) is 8. The summed E-state index contributed by atoms with van der Waals surface area (Å²) in [6.07, 6.45) is 4.05. The van der Waals surface area contributed by atoms with Gasteiger partial charge in [-0.3, -0.25) is 14.0 Å². The SMILES string of the molecule is COc1ccc([Si](C)(C)C(CCn2cc(C(CO)c3ccccc3)nn2)[C@@H]2Oc3ccc(-n4cccc(OC)c4=O)cc3[C@H](OC)[C@H]2C)cc1. The fraction of sp³-hybridized carbons (Fsp3) is 0.359. The lowest BCUT2D eigenvalue weighted by Crippen LogP contribution is -2.54. The van der Waals surface area contributed by atoms with Gasteiger partial charge in [0.1, 0.15) is 17.6 Å². The third kappa shape index (κ3) is 6.85. The van der Waals surface area contributed by atoms with Crippen LogP contribution in [0.5, 0.6) is 17.2 Å². The molecule has 6 rings (SSSR count). The molecule has 0 aliphatic carbocycles. The van der Waals surface area contributed by atoms with Gasteiger partial charge < -0.3 is 24.1 Å². The first-order valence-electron chi connectivity index (χ1n) is 17.0. The molecule has 11 heteroatoms. The van der Waals surface area contributed by atoms with Gasteiger partial charge in [0.05, 0.1) is 46.6 Å². The van der Waals surface area contributed by atoms with Crippen molar-refractivity contribution < 1.29 is 24.1 Å². The number of aliphatic hydroxyl groups is 1. The van der Waals surface area contributed by atoms with Crippen molar-refractivity contribution in [2.45, 2.75) is 56.7 Å². The fourth-order valence-electron chi connectivity index (χ4n) is 7.43. The minimum absolute atomic E-state index is 0.0111. The molecule has 0 amide bonds. The predicted octanol–water partition coefficient (Wildman–Crippen LogP) is 5.73. The van der Waals surface area contributed by atoms with Gasteiger partial charge in [-0.05, 0) is 60.0 Å². The summed E-state index contributed by atoms with van der Waals surface area (Å²) in [5.41, 5.74) is 3.27. The number of aromatic nitrogens is 4. The third-order valence-corrected chi connectivity index (χ3v) is 14.6. The predicted molar refractivity (Wildman–Crippen MR) is 196 cm³/mol. The number of hydrogen-bond donors (Lipinski definition) is 1. The Kier molecular flexibility index (Phi) is 10.6. The number of pyridine rings is 1. The number of nitrogens with zero attached hydrogens (tertiary/aromatic N) is 4. The van der Waals surface area contributed by atoms with Crippen LogP contribution in [0.2, 0.25) is 18.6 Å². The first kappa shape index (κ1) is 35.1. The highest BCUT2D eigenvalue weighted by atomic mass is 28.3. The molecule has 0 fully saturated rings. The minimum atomic E-state index is -2.24. The van der Waals surface area contributed by atoms with E-state index in [-0.39, 0.29) is 47.5 Å². The topological polar surface area (TPSA) is 110 Å². The fourth-order valence-corrected chi connectivity index (χ4v) is 10.9. The van der Waals surface area contributed by atoms with Gasteiger partial charge in [-0.25, -0.2) is 0 Å². The second-order valence-corrected chi connectivity index (χ2v) is 18.2. The normalized spacial score (nSPS) is 18.5.